The van der Waals surface area contributed by atoms with E-state index < -0.39 is 0 Å². The van der Waals surface area contributed by atoms with Crippen LogP contribution in [0.15, 0.2) is 12.2 Å². The van der Waals surface area contributed by atoms with E-state index in [0.717, 1.165) is 43.3 Å². The van der Waals surface area contributed by atoms with Crippen LogP contribution in [0.4, 0.5) is 0 Å². The van der Waals surface area contributed by atoms with Gasteiger partial charge in [-0.15, -0.1) is 0 Å². The second-order valence-electron chi connectivity index (χ2n) is 9.51. The standard InChI is InChI=1S/C21H32O2/c1-19-10-4-3-5-15(19)6-7-16-17(19)8-11-20(2)18(16)9-12-21(20)22-13-14-23-21/h3-4,15-18H,5-14H2,1-2H3/t15-,16+,17-,18+,19+,20+/m1/s1. The van der Waals surface area contributed by atoms with Crippen LogP contribution in [0.1, 0.15) is 65.2 Å². The van der Waals surface area contributed by atoms with E-state index >= 15 is 0 Å². The maximum atomic E-state index is 6.25. The van der Waals surface area contributed by atoms with Crippen molar-refractivity contribution in [3.8, 4) is 0 Å². The molecule has 0 aromatic carbocycles. The van der Waals surface area contributed by atoms with Crippen LogP contribution in [-0.4, -0.2) is 19.0 Å². The Morgan fingerprint density at radius 2 is 1.65 bits per heavy atom. The maximum absolute atomic E-state index is 6.25. The number of allylic oxidation sites excluding steroid dienone is 2. The zero-order valence-electron chi connectivity index (χ0n) is 14.9. The van der Waals surface area contributed by atoms with Gasteiger partial charge in [-0.25, -0.2) is 0 Å². The van der Waals surface area contributed by atoms with Crippen LogP contribution >= 0.6 is 0 Å². The van der Waals surface area contributed by atoms with Gasteiger partial charge in [-0.3, -0.25) is 0 Å². The number of ether oxygens (including phenoxy) is 2. The summed E-state index contributed by atoms with van der Waals surface area (Å²) in [4.78, 5) is 0. The molecule has 0 aromatic rings. The van der Waals surface area contributed by atoms with Gasteiger partial charge in [0.25, 0.3) is 0 Å². The lowest BCUT2D eigenvalue weighted by molar-refractivity contribution is -0.246. The molecule has 0 unspecified atom stereocenters. The number of hydrogen-bond acceptors (Lipinski definition) is 2. The maximum Gasteiger partial charge on any atom is 0.174 e. The first-order valence-corrected chi connectivity index (χ1v) is 10.0. The van der Waals surface area contributed by atoms with Gasteiger partial charge < -0.3 is 9.47 Å². The van der Waals surface area contributed by atoms with E-state index in [1.165, 1.54) is 44.9 Å². The fourth-order valence-electron chi connectivity index (χ4n) is 7.72. The Hall–Kier alpha value is -0.340. The van der Waals surface area contributed by atoms with Crippen LogP contribution < -0.4 is 0 Å². The molecule has 0 amide bonds. The van der Waals surface area contributed by atoms with Gasteiger partial charge in [0.2, 0.25) is 0 Å². The predicted molar refractivity (Wildman–Crippen MR) is 90.9 cm³/mol. The normalized spacial score (nSPS) is 53.8. The first-order valence-electron chi connectivity index (χ1n) is 10.0. The molecular formula is C21H32O2. The fourth-order valence-corrected chi connectivity index (χ4v) is 7.72. The van der Waals surface area contributed by atoms with Crippen molar-refractivity contribution >= 4 is 0 Å². The van der Waals surface area contributed by atoms with Crippen molar-refractivity contribution in [1.29, 1.82) is 0 Å². The smallest absolute Gasteiger partial charge is 0.174 e. The van der Waals surface area contributed by atoms with E-state index in [-0.39, 0.29) is 11.2 Å². The van der Waals surface area contributed by atoms with E-state index in [2.05, 4.69) is 26.0 Å². The molecule has 4 aliphatic carbocycles. The Kier molecular flexibility index (Phi) is 3.15. The van der Waals surface area contributed by atoms with Gasteiger partial charge in [-0.05, 0) is 74.0 Å². The lowest BCUT2D eigenvalue weighted by Gasteiger charge is -2.60. The molecule has 1 heterocycles. The molecule has 5 aliphatic rings. The minimum atomic E-state index is -0.229. The molecule has 0 N–H and O–H groups in total. The summed E-state index contributed by atoms with van der Waals surface area (Å²) in [6, 6.07) is 0. The molecule has 3 saturated carbocycles. The van der Waals surface area contributed by atoms with Crippen LogP contribution in [-0.2, 0) is 9.47 Å². The monoisotopic (exact) mass is 316 g/mol. The molecule has 0 radical (unpaired) electrons. The van der Waals surface area contributed by atoms with Crippen molar-refractivity contribution in [3.63, 3.8) is 0 Å². The van der Waals surface area contributed by atoms with Crippen LogP contribution in [0.2, 0.25) is 0 Å². The molecule has 23 heavy (non-hydrogen) atoms. The second-order valence-corrected chi connectivity index (χ2v) is 9.51. The van der Waals surface area contributed by atoms with Crippen molar-refractivity contribution in [2.75, 3.05) is 13.2 Å². The molecule has 4 fully saturated rings. The van der Waals surface area contributed by atoms with Crippen molar-refractivity contribution in [2.45, 2.75) is 71.0 Å². The number of fused-ring (bicyclic) bond motifs is 6. The average Bonchev–Trinajstić information content (AvgIpc) is 3.14. The van der Waals surface area contributed by atoms with Gasteiger partial charge in [0.15, 0.2) is 5.79 Å². The predicted octanol–water partition coefficient (Wildman–Crippen LogP) is 4.94. The Morgan fingerprint density at radius 3 is 2.48 bits per heavy atom. The second kappa shape index (κ2) is 4.85. The topological polar surface area (TPSA) is 18.5 Å². The summed E-state index contributed by atoms with van der Waals surface area (Å²) in [5.41, 5.74) is 0.824. The molecule has 2 heteroatoms. The summed E-state index contributed by atoms with van der Waals surface area (Å²) in [5, 5.41) is 0. The van der Waals surface area contributed by atoms with Crippen LogP contribution in [0.25, 0.3) is 0 Å². The van der Waals surface area contributed by atoms with E-state index in [9.17, 15) is 0 Å². The zero-order valence-corrected chi connectivity index (χ0v) is 14.9. The van der Waals surface area contributed by atoms with E-state index in [1.807, 2.05) is 0 Å². The summed E-state index contributed by atoms with van der Waals surface area (Å²) in [6.07, 6.45) is 15.6. The minimum absolute atomic E-state index is 0.229. The first-order chi connectivity index (χ1) is 11.1. The highest BCUT2D eigenvalue weighted by Gasteiger charge is 2.66. The lowest BCUT2D eigenvalue weighted by Crippen LogP contribution is -2.56. The van der Waals surface area contributed by atoms with Crippen molar-refractivity contribution < 1.29 is 9.47 Å². The molecule has 1 aliphatic heterocycles. The van der Waals surface area contributed by atoms with Crippen molar-refractivity contribution in [1.82, 2.24) is 0 Å². The van der Waals surface area contributed by atoms with Crippen LogP contribution in [0.3, 0.4) is 0 Å². The first kappa shape index (κ1) is 15.0. The molecule has 1 saturated heterocycles. The quantitative estimate of drug-likeness (QED) is 0.589. The van der Waals surface area contributed by atoms with Crippen molar-refractivity contribution in [3.05, 3.63) is 12.2 Å². The molecule has 0 bridgehead atoms. The molecule has 2 nitrogen and oxygen atoms in total. The minimum Gasteiger partial charge on any atom is -0.347 e. The summed E-state index contributed by atoms with van der Waals surface area (Å²) in [7, 11) is 0. The molecule has 6 atom stereocenters. The molecule has 5 rings (SSSR count). The highest BCUT2D eigenvalue weighted by atomic mass is 16.7. The van der Waals surface area contributed by atoms with Crippen molar-refractivity contribution in [2.24, 2.45) is 34.5 Å². The van der Waals surface area contributed by atoms with Gasteiger partial charge in [0, 0.05) is 11.8 Å². The van der Waals surface area contributed by atoms with Gasteiger partial charge in [-0.2, -0.15) is 0 Å². The Morgan fingerprint density at radius 1 is 0.870 bits per heavy atom. The summed E-state index contributed by atoms with van der Waals surface area (Å²) in [5.74, 6) is 3.37. The third-order valence-electron chi connectivity index (χ3n) is 9.01. The fraction of sp³-hybridized carbons (Fsp3) is 0.905. The van der Waals surface area contributed by atoms with Gasteiger partial charge in [-0.1, -0.05) is 26.0 Å². The zero-order chi connectivity index (χ0) is 15.7. The summed E-state index contributed by atoms with van der Waals surface area (Å²) in [6.45, 7) is 6.73. The Labute approximate surface area is 141 Å². The van der Waals surface area contributed by atoms with Gasteiger partial charge in [0.1, 0.15) is 0 Å². The highest BCUT2D eigenvalue weighted by molar-refractivity contribution is 5.14. The van der Waals surface area contributed by atoms with Gasteiger partial charge in [0.05, 0.1) is 13.2 Å². The molecule has 0 aromatic heterocycles. The average molecular weight is 316 g/mol. The van der Waals surface area contributed by atoms with Gasteiger partial charge >= 0.3 is 0 Å². The van der Waals surface area contributed by atoms with Crippen LogP contribution in [0, 0.1) is 34.5 Å². The third kappa shape index (κ3) is 1.78. The highest BCUT2D eigenvalue weighted by Crippen LogP contribution is 2.69. The third-order valence-corrected chi connectivity index (χ3v) is 9.01. The SMILES string of the molecule is C[C@]12CC=CC[C@@H]1CC[C@H]1[C@H]2CC[C@@]2(C)[C@H]1CCC21OCCO1. The van der Waals surface area contributed by atoms with Crippen LogP contribution in [0.5, 0.6) is 0 Å². The van der Waals surface area contributed by atoms with E-state index in [1.54, 1.807) is 0 Å². The summed E-state index contributed by atoms with van der Waals surface area (Å²) < 4.78 is 12.5. The Bertz CT molecular complexity index is 520. The number of hydrogen-bond donors (Lipinski definition) is 0. The largest absolute Gasteiger partial charge is 0.347 e. The molecule has 128 valence electrons. The number of rotatable bonds is 0. The van der Waals surface area contributed by atoms with E-state index in [4.69, 9.17) is 9.47 Å². The van der Waals surface area contributed by atoms with E-state index in [0.29, 0.717) is 5.41 Å². The molecular weight excluding hydrogens is 284 g/mol. The lowest BCUT2D eigenvalue weighted by atomic mass is 9.45. The molecule has 1 spiro atoms. The Balaban J connectivity index is 1.48. The summed E-state index contributed by atoms with van der Waals surface area (Å²) >= 11 is 0.